The molecule has 0 atom stereocenters. The van der Waals surface area contributed by atoms with E-state index >= 15 is 0 Å². The minimum absolute atomic E-state index is 0.00608. The van der Waals surface area contributed by atoms with E-state index in [0.29, 0.717) is 11.5 Å². The average Bonchev–Trinajstić information content (AvgIpc) is 2.31. The van der Waals surface area contributed by atoms with Crippen molar-refractivity contribution in [3.8, 4) is 11.4 Å². The minimum atomic E-state index is -0.963. The van der Waals surface area contributed by atoms with Gasteiger partial charge in [-0.25, -0.2) is 8.78 Å². The van der Waals surface area contributed by atoms with Crippen LogP contribution in [0.2, 0.25) is 5.28 Å². The van der Waals surface area contributed by atoms with Crippen molar-refractivity contribution in [2.24, 2.45) is 0 Å². The van der Waals surface area contributed by atoms with Crippen molar-refractivity contribution in [2.75, 3.05) is 19.0 Å². The van der Waals surface area contributed by atoms with Crippen LogP contribution in [0.1, 0.15) is 0 Å². The molecule has 2 aromatic rings. The summed E-state index contributed by atoms with van der Waals surface area (Å²) >= 11 is 5.76. The van der Waals surface area contributed by atoms with Crippen LogP contribution in [-0.2, 0) is 0 Å². The van der Waals surface area contributed by atoms with Gasteiger partial charge in [0.2, 0.25) is 11.2 Å². The van der Waals surface area contributed by atoms with Gasteiger partial charge in [0.25, 0.3) is 0 Å². The molecule has 0 fully saturated rings. The SMILES string of the molecule is CN(C)c1nc(Cl)nc(-c2ccc(F)c(F)c2)n1. The normalized spacial score (nSPS) is 10.5. The predicted molar refractivity (Wildman–Crippen MR) is 64.5 cm³/mol. The van der Waals surface area contributed by atoms with Crippen molar-refractivity contribution in [2.45, 2.75) is 0 Å². The van der Waals surface area contributed by atoms with Crippen molar-refractivity contribution < 1.29 is 8.78 Å². The molecule has 94 valence electrons. The van der Waals surface area contributed by atoms with Crippen molar-refractivity contribution >= 4 is 17.5 Å². The molecule has 0 aliphatic carbocycles. The van der Waals surface area contributed by atoms with Crippen molar-refractivity contribution in [3.05, 3.63) is 35.1 Å². The number of halogens is 3. The van der Waals surface area contributed by atoms with Gasteiger partial charge in [-0.3, -0.25) is 0 Å². The molecule has 18 heavy (non-hydrogen) atoms. The number of aromatic nitrogens is 3. The highest BCUT2D eigenvalue weighted by Gasteiger charge is 2.11. The summed E-state index contributed by atoms with van der Waals surface area (Å²) in [5.74, 6) is -1.35. The van der Waals surface area contributed by atoms with Gasteiger partial charge in [0.05, 0.1) is 0 Å². The first-order chi connectivity index (χ1) is 8.47. The molecule has 0 aliphatic rings. The first-order valence-corrected chi connectivity index (χ1v) is 5.39. The van der Waals surface area contributed by atoms with Crippen LogP contribution in [0.25, 0.3) is 11.4 Å². The minimum Gasteiger partial charge on any atom is -0.347 e. The fourth-order valence-corrected chi connectivity index (χ4v) is 1.46. The maximum atomic E-state index is 13.1. The van der Waals surface area contributed by atoms with Crippen LogP contribution in [0.15, 0.2) is 18.2 Å². The highest BCUT2D eigenvalue weighted by atomic mass is 35.5. The van der Waals surface area contributed by atoms with Crippen LogP contribution in [-0.4, -0.2) is 29.0 Å². The van der Waals surface area contributed by atoms with Crippen molar-refractivity contribution in [3.63, 3.8) is 0 Å². The second-order valence-corrected chi connectivity index (χ2v) is 4.09. The second kappa shape index (κ2) is 4.81. The van der Waals surface area contributed by atoms with Crippen molar-refractivity contribution in [1.82, 2.24) is 15.0 Å². The van der Waals surface area contributed by atoms with Gasteiger partial charge in [-0.2, -0.15) is 15.0 Å². The lowest BCUT2D eigenvalue weighted by atomic mass is 10.2. The molecule has 0 unspecified atom stereocenters. The van der Waals surface area contributed by atoms with Gasteiger partial charge < -0.3 is 4.90 Å². The Hall–Kier alpha value is -1.82. The molecule has 0 saturated heterocycles. The number of nitrogens with zero attached hydrogens (tertiary/aromatic N) is 4. The summed E-state index contributed by atoms with van der Waals surface area (Å²) in [4.78, 5) is 13.5. The highest BCUT2D eigenvalue weighted by molar-refractivity contribution is 6.28. The number of anilines is 1. The van der Waals surface area contributed by atoms with Gasteiger partial charge in [0.1, 0.15) is 0 Å². The van der Waals surface area contributed by atoms with Gasteiger partial charge >= 0.3 is 0 Å². The fraction of sp³-hybridized carbons (Fsp3) is 0.182. The zero-order chi connectivity index (χ0) is 13.3. The van der Waals surface area contributed by atoms with Gasteiger partial charge in [-0.05, 0) is 29.8 Å². The van der Waals surface area contributed by atoms with Crippen LogP contribution >= 0.6 is 11.6 Å². The van der Waals surface area contributed by atoms with E-state index in [1.165, 1.54) is 6.07 Å². The molecule has 0 amide bonds. The molecule has 1 heterocycles. The van der Waals surface area contributed by atoms with Gasteiger partial charge in [0.15, 0.2) is 17.5 Å². The van der Waals surface area contributed by atoms with E-state index in [2.05, 4.69) is 15.0 Å². The summed E-state index contributed by atoms with van der Waals surface area (Å²) in [6.07, 6.45) is 0. The molecule has 4 nitrogen and oxygen atoms in total. The quantitative estimate of drug-likeness (QED) is 0.841. The van der Waals surface area contributed by atoms with Crippen LogP contribution in [0.5, 0.6) is 0 Å². The number of benzene rings is 1. The Kier molecular flexibility index (Phi) is 3.38. The maximum Gasteiger partial charge on any atom is 0.229 e. The molecule has 0 N–H and O–H groups in total. The molecule has 1 aromatic heterocycles. The summed E-state index contributed by atoms with van der Waals surface area (Å²) < 4.78 is 26.0. The topological polar surface area (TPSA) is 41.9 Å². The monoisotopic (exact) mass is 270 g/mol. The largest absolute Gasteiger partial charge is 0.347 e. The Balaban J connectivity index is 2.53. The second-order valence-electron chi connectivity index (χ2n) is 3.75. The maximum absolute atomic E-state index is 13.1. The number of rotatable bonds is 2. The average molecular weight is 271 g/mol. The van der Waals surface area contributed by atoms with E-state index in [9.17, 15) is 8.78 Å². The lowest BCUT2D eigenvalue weighted by Gasteiger charge is -2.11. The van der Waals surface area contributed by atoms with E-state index in [1.807, 2.05) is 0 Å². The lowest BCUT2D eigenvalue weighted by Crippen LogP contribution is -2.14. The number of hydrogen-bond donors (Lipinski definition) is 0. The smallest absolute Gasteiger partial charge is 0.229 e. The Bertz CT molecular complexity index is 589. The van der Waals surface area contributed by atoms with Gasteiger partial charge in [-0.15, -0.1) is 0 Å². The Morgan fingerprint density at radius 2 is 1.78 bits per heavy atom. The molecule has 0 saturated carbocycles. The standard InChI is InChI=1S/C11H9ClF2N4/c1-18(2)11-16-9(15-10(12)17-11)6-3-4-7(13)8(14)5-6/h3-5H,1-2H3. The summed E-state index contributed by atoms with van der Waals surface area (Å²) in [7, 11) is 3.47. The van der Waals surface area contributed by atoms with E-state index in [0.717, 1.165) is 12.1 Å². The van der Waals surface area contributed by atoms with Crippen LogP contribution in [0, 0.1) is 11.6 Å². The Morgan fingerprint density at radius 3 is 2.39 bits per heavy atom. The van der Waals surface area contributed by atoms with Crippen LogP contribution in [0.4, 0.5) is 14.7 Å². The Morgan fingerprint density at radius 1 is 1.06 bits per heavy atom. The predicted octanol–water partition coefficient (Wildman–Crippen LogP) is 2.54. The third-order valence-electron chi connectivity index (χ3n) is 2.17. The first kappa shape index (κ1) is 12.6. The summed E-state index contributed by atoms with van der Waals surface area (Å²) in [5, 5.41) is -0.00608. The number of hydrogen-bond acceptors (Lipinski definition) is 4. The van der Waals surface area contributed by atoms with E-state index in [1.54, 1.807) is 19.0 Å². The van der Waals surface area contributed by atoms with Gasteiger partial charge in [-0.1, -0.05) is 0 Å². The van der Waals surface area contributed by atoms with E-state index < -0.39 is 11.6 Å². The van der Waals surface area contributed by atoms with Gasteiger partial charge in [0, 0.05) is 19.7 Å². The van der Waals surface area contributed by atoms with E-state index in [-0.39, 0.29) is 11.1 Å². The molecular weight excluding hydrogens is 262 g/mol. The zero-order valence-electron chi connectivity index (χ0n) is 9.65. The lowest BCUT2D eigenvalue weighted by molar-refractivity contribution is 0.509. The molecule has 1 aromatic carbocycles. The van der Waals surface area contributed by atoms with Crippen molar-refractivity contribution in [1.29, 1.82) is 0 Å². The Labute approximate surface area is 107 Å². The summed E-state index contributed by atoms with van der Waals surface area (Å²) in [6, 6.07) is 3.40. The molecule has 0 bridgehead atoms. The molecule has 2 rings (SSSR count). The first-order valence-electron chi connectivity index (χ1n) is 5.01. The third-order valence-corrected chi connectivity index (χ3v) is 2.34. The van der Waals surface area contributed by atoms with Crippen LogP contribution in [0.3, 0.4) is 0 Å². The fourth-order valence-electron chi connectivity index (χ4n) is 1.30. The van der Waals surface area contributed by atoms with Crippen LogP contribution < -0.4 is 4.90 Å². The summed E-state index contributed by atoms with van der Waals surface area (Å²) in [5.41, 5.74) is 0.335. The zero-order valence-corrected chi connectivity index (χ0v) is 10.4. The molecule has 7 heteroatoms. The highest BCUT2D eigenvalue weighted by Crippen LogP contribution is 2.20. The third kappa shape index (κ3) is 2.53. The summed E-state index contributed by atoms with van der Waals surface area (Å²) in [6.45, 7) is 0. The molecule has 0 aliphatic heterocycles. The van der Waals surface area contributed by atoms with E-state index in [4.69, 9.17) is 11.6 Å². The molecular formula is C11H9ClF2N4. The molecule has 0 spiro atoms. The molecule has 0 radical (unpaired) electrons.